The first-order valence-corrected chi connectivity index (χ1v) is 7.83. The van der Waals surface area contributed by atoms with Crippen molar-refractivity contribution in [1.29, 1.82) is 0 Å². The maximum atomic E-state index is 12.3. The monoisotopic (exact) mass is 287 g/mol. The Labute approximate surface area is 112 Å². The molecular weight excluding hydrogens is 270 g/mol. The van der Waals surface area contributed by atoms with Crippen LogP contribution in [0.15, 0.2) is 4.52 Å². The molecule has 0 radical (unpaired) electrons. The van der Waals surface area contributed by atoms with Crippen molar-refractivity contribution >= 4 is 15.9 Å². The summed E-state index contributed by atoms with van der Waals surface area (Å²) in [5.41, 5.74) is 1.04. The SMILES string of the molecule is Cc1noc(C)c1C(=O)N1CCN(S(C)(=O)=O)CC1. The number of hydrogen-bond acceptors (Lipinski definition) is 5. The molecule has 1 amide bonds. The number of carbonyl (C=O) groups is 1. The summed E-state index contributed by atoms with van der Waals surface area (Å²) in [7, 11) is -3.18. The molecule has 0 atom stereocenters. The van der Waals surface area contributed by atoms with E-state index in [0.717, 1.165) is 0 Å². The van der Waals surface area contributed by atoms with E-state index in [-0.39, 0.29) is 5.91 Å². The number of nitrogens with zero attached hydrogens (tertiary/aromatic N) is 3. The van der Waals surface area contributed by atoms with Gasteiger partial charge in [0.2, 0.25) is 10.0 Å². The third kappa shape index (κ3) is 2.79. The fraction of sp³-hybridized carbons (Fsp3) is 0.636. The summed E-state index contributed by atoms with van der Waals surface area (Å²) < 4.78 is 29.2. The molecule has 2 heterocycles. The zero-order valence-electron chi connectivity index (χ0n) is 11.2. The van der Waals surface area contributed by atoms with Gasteiger partial charge in [0, 0.05) is 26.2 Å². The van der Waals surface area contributed by atoms with Crippen LogP contribution in [-0.2, 0) is 10.0 Å². The van der Waals surface area contributed by atoms with Crippen LogP contribution in [0, 0.1) is 13.8 Å². The molecule has 1 aliphatic rings. The lowest BCUT2D eigenvalue weighted by molar-refractivity contribution is 0.0696. The molecule has 1 aliphatic heterocycles. The van der Waals surface area contributed by atoms with Crippen LogP contribution in [-0.4, -0.2) is 61.1 Å². The summed E-state index contributed by atoms with van der Waals surface area (Å²) in [6.45, 7) is 4.84. The minimum Gasteiger partial charge on any atom is -0.361 e. The van der Waals surface area contributed by atoms with Gasteiger partial charge in [0.1, 0.15) is 11.3 Å². The van der Waals surface area contributed by atoms with E-state index in [0.29, 0.717) is 43.2 Å². The van der Waals surface area contributed by atoms with E-state index in [1.807, 2.05) is 0 Å². The van der Waals surface area contributed by atoms with Crippen molar-refractivity contribution < 1.29 is 17.7 Å². The van der Waals surface area contributed by atoms with Crippen LogP contribution < -0.4 is 0 Å². The van der Waals surface area contributed by atoms with Crippen molar-refractivity contribution in [2.45, 2.75) is 13.8 Å². The first kappa shape index (κ1) is 14.0. The smallest absolute Gasteiger partial charge is 0.259 e. The molecule has 0 N–H and O–H groups in total. The standard InChI is InChI=1S/C11H17N3O4S/c1-8-10(9(2)18-12-8)11(15)13-4-6-14(7-5-13)19(3,16)17/h4-7H2,1-3H3. The third-order valence-corrected chi connectivity index (χ3v) is 4.55. The minimum atomic E-state index is -3.18. The lowest BCUT2D eigenvalue weighted by atomic mass is 10.1. The Balaban J connectivity index is 2.09. The van der Waals surface area contributed by atoms with Gasteiger partial charge >= 0.3 is 0 Å². The maximum absolute atomic E-state index is 12.3. The molecule has 0 aromatic carbocycles. The van der Waals surface area contributed by atoms with Gasteiger partial charge in [-0.05, 0) is 13.8 Å². The van der Waals surface area contributed by atoms with Crippen LogP contribution in [0.4, 0.5) is 0 Å². The van der Waals surface area contributed by atoms with E-state index in [1.165, 1.54) is 10.6 Å². The molecule has 7 nitrogen and oxygen atoms in total. The van der Waals surface area contributed by atoms with Crippen molar-refractivity contribution in [3.05, 3.63) is 17.0 Å². The van der Waals surface area contributed by atoms with Gasteiger partial charge in [0.25, 0.3) is 5.91 Å². The molecule has 0 spiro atoms. The molecule has 0 unspecified atom stereocenters. The number of hydrogen-bond donors (Lipinski definition) is 0. The van der Waals surface area contributed by atoms with Crippen LogP contribution in [0.3, 0.4) is 0 Å². The Bertz CT molecular complexity index is 566. The van der Waals surface area contributed by atoms with Crippen LogP contribution in [0.2, 0.25) is 0 Å². The molecule has 0 bridgehead atoms. The molecule has 1 aromatic rings. The second kappa shape index (κ2) is 4.93. The molecule has 0 saturated carbocycles. The zero-order valence-corrected chi connectivity index (χ0v) is 12.0. The fourth-order valence-electron chi connectivity index (χ4n) is 2.17. The second-order valence-electron chi connectivity index (χ2n) is 4.65. The molecule has 2 rings (SSSR count). The van der Waals surface area contributed by atoms with Crippen LogP contribution in [0.5, 0.6) is 0 Å². The first-order valence-electron chi connectivity index (χ1n) is 5.98. The lowest BCUT2D eigenvalue weighted by Crippen LogP contribution is -2.50. The predicted molar refractivity (Wildman–Crippen MR) is 68.3 cm³/mol. The number of rotatable bonds is 2. The highest BCUT2D eigenvalue weighted by Crippen LogP contribution is 2.16. The Morgan fingerprint density at radius 3 is 2.21 bits per heavy atom. The second-order valence-corrected chi connectivity index (χ2v) is 6.64. The van der Waals surface area contributed by atoms with Crippen molar-refractivity contribution in [3.63, 3.8) is 0 Å². The summed E-state index contributed by atoms with van der Waals surface area (Å²) in [6.07, 6.45) is 1.18. The van der Waals surface area contributed by atoms with Gasteiger partial charge in [-0.15, -0.1) is 0 Å². The van der Waals surface area contributed by atoms with E-state index >= 15 is 0 Å². The van der Waals surface area contributed by atoms with Crippen molar-refractivity contribution in [1.82, 2.24) is 14.4 Å². The highest BCUT2D eigenvalue weighted by Gasteiger charge is 2.29. The van der Waals surface area contributed by atoms with Crippen LogP contribution in [0.1, 0.15) is 21.8 Å². The number of sulfonamides is 1. The Morgan fingerprint density at radius 2 is 1.79 bits per heavy atom. The number of carbonyl (C=O) groups excluding carboxylic acids is 1. The Hall–Kier alpha value is -1.41. The average Bonchev–Trinajstić information content (AvgIpc) is 2.67. The van der Waals surface area contributed by atoms with Crippen LogP contribution >= 0.6 is 0 Å². The molecule has 106 valence electrons. The Morgan fingerprint density at radius 1 is 1.21 bits per heavy atom. The maximum Gasteiger partial charge on any atom is 0.259 e. The lowest BCUT2D eigenvalue weighted by Gasteiger charge is -2.33. The topological polar surface area (TPSA) is 83.7 Å². The average molecular weight is 287 g/mol. The molecule has 19 heavy (non-hydrogen) atoms. The number of aryl methyl sites for hydroxylation is 2. The van der Waals surface area contributed by atoms with Gasteiger partial charge < -0.3 is 9.42 Å². The third-order valence-electron chi connectivity index (χ3n) is 3.24. The minimum absolute atomic E-state index is 0.149. The van der Waals surface area contributed by atoms with Crippen molar-refractivity contribution in [2.24, 2.45) is 0 Å². The number of amides is 1. The summed E-state index contributed by atoms with van der Waals surface area (Å²) in [4.78, 5) is 13.9. The molecule has 1 saturated heterocycles. The van der Waals surface area contributed by atoms with Gasteiger partial charge in [-0.1, -0.05) is 5.16 Å². The highest BCUT2D eigenvalue weighted by atomic mass is 32.2. The van der Waals surface area contributed by atoms with Crippen molar-refractivity contribution in [2.75, 3.05) is 32.4 Å². The largest absolute Gasteiger partial charge is 0.361 e. The van der Waals surface area contributed by atoms with E-state index in [9.17, 15) is 13.2 Å². The van der Waals surface area contributed by atoms with E-state index in [2.05, 4.69) is 5.16 Å². The first-order chi connectivity index (χ1) is 8.80. The normalized spacial score (nSPS) is 17.7. The quantitative estimate of drug-likeness (QED) is 0.765. The molecule has 8 heteroatoms. The van der Waals surface area contributed by atoms with Crippen molar-refractivity contribution in [3.8, 4) is 0 Å². The van der Waals surface area contributed by atoms with Gasteiger partial charge in [0.05, 0.1) is 11.9 Å². The fourth-order valence-corrected chi connectivity index (χ4v) is 3.00. The zero-order chi connectivity index (χ0) is 14.2. The summed E-state index contributed by atoms with van der Waals surface area (Å²) in [5.74, 6) is 0.345. The Kier molecular flexibility index (Phi) is 3.64. The highest BCUT2D eigenvalue weighted by molar-refractivity contribution is 7.88. The molecule has 1 aromatic heterocycles. The summed E-state index contributed by atoms with van der Waals surface area (Å²) >= 11 is 0. The predicted octanol–water partition coefficient (Wildman–Crippen LogP) is 0.00884. The number of aromatic nitrogens is 1. The van der Waals surface area contributed by atoms with Gasteiger partial charge in [-0.3, -0.25) is 4.79 Å². The van der Waals surface area contributed by atoms with Crippen LogP contribution in [0.25, 0.3) is 0 Å². The van der Waals surface area contributed by atoms with Gasteiger partial charge in [-0.2, -0.15) is 4.31 Å². The summed E-state index contributed by atoms with van der Waals surface area (Å²) in [6, 6.07) is 0. The van der Waals surface area contributed by atoms with E-state index in [4.69, 9.17) is 4.52 Å². The van der Waals surface area contributed by atoms with Gasteiger partial charge in [0.15, 0.2) is 0 Å². The number of piperazine rings is 1. The van der Waals surface area contributed by atoms with Gasteiger partial charge in [-0.25, -0.2) is 8.42 Å². The molecule has 1 fully saturated rings. The van der Waals surface area contributed by atoms with E-state index < -0.39 is 10.0 Å². The molecule has 0 aliphatic carbocycles. The molecular formula is C11H17N3O4S. The van der Waals surface area contributed by atoms with E-state index in [1.54, 1.807) is 18.7 Å². The summed E-state index contributed by atoms with van der Waals surface area (Å²) in [5, 5.41) is 3.76.